The van der Waals surface area contributed by atoms with Crippen molar-refractivity contribution >= 4 is 17.6 Å². The van der Waals surface area contributed by atoms with Crippen LogP contribution in [0.3, 0.4) is 0 Å². The van der Waals surface area contributed by atoms with Crippen LogP contribution < -0.4 is 5.32 Å². The molecule has 0 spiro atoms. The van der Waals surface area contributed by atoms with E-state index in [1.807, 2.05) is 19.1 Å². The van der Waals surface area contributed by atoms with E-state index >= 15 is 0 Å². The zero-order chi connectivity index (χ0) is 16.1. The number of carbonyl (C=O) groups is 2. The molecule has 1 unspecified atom stereocenters. The molecule has 120 valence electrons. The van der Waals surface area contributed by atoms with Gasteiger partial charge in [-0.2, -0.15) is 0 Å². The third-order valence-electron chi connectivity index (χ3n) is 3.87. The molecule has 2 amide bonds. The number of aryl methyl sites for hydroxylation is 1. The minimum Gasteiger partial charge on any atom is -0.348 e. The summed E-state index contributed by atoms with van der Waals surface area (Å²) < 4.78 is 0. The number of likely N-dealkylation sites (N-methyl/N-ethyl adjacent to an activating group) is 1. The lowest BCUT2D eigenvalue weighted by Crippen LogP contribution is -2.45. The maximum absolute atomic E-state index is 12.4. The van der Waals surface area contributed by atoms with Gasteiger partial charge in [-0.05, 0) is 38.4 Å². The van der Waals surface area contributed by atoms with Crippen LogP contribution in [0.4, 0.5) is 5.82 Å². The SMILES string of the molecule is Cc1cccc(NC(=O)C2CCCN(CC(=O)N(C)C)C2)n1. The fraction of sp³-hybridized carbons (Fsp3) is 0.562. The lowest BCUT2D eigenvalue weighted by Gasteiger charge is -2.32. The molecule has 1 aromatic heterocycles. The van der Waals surface area contributed by atoms with Crippen molar-refractivity contribution in [3.05, 3.63) is 23.9 Å². The molecular weight excluding hydrogens is 280 g/mol. The zero-order valence-corrected chi connectivity index (χ0v) is 13.5. The molecule has 1 N–H and O–H groups in total. The minimum absolute atomic E-state index is 0.0138. The van der Waals surface area contributed by atoms with Crippen LogP contribution in [0, 0.1) is 12.8 Å². The van der Waals surface area contributed by atoms with Crippen LogP contribution in [0.5, 0.6) is 0 Å². The van der Waals surface area contributed by atoms with Gasteiger partial charge in [-0.25, -0.2) is 4.98 Å². The summed E-state index contributed by atoms with van der Waals surface area (Å²) in [6.45, 7) is 3.76. The Kier molecular flexibility index (Phi) is 5.49. The summed E-state index contributed by atoms with van der Waals surface area (Å²) in [5, 5.41) is 2.88. The van der Waals surface area contributed by atoms with Crippen molar-refractivity contribution in [2.75, 3.05) is 39.0 Å². The Morgan fingerprint density at radius 3 is 2.86 bits per heavy atom. The average molecular weight is 304 g/mol. The number of likely N-dealkylation sites (tertiary alicyclic amines) is 1. The van der Waals surface area contributed by atoms with Crippen molar-refractivity contribution in [3.63, 3.8) is 0 Å². The van der Waals surface area contributed by atoms with Gasteiger partial charge in [0.25, 0.3) is 0 Å². The number of piperidine rings is 1. The monoisotopic (exact) mass is 304 g/mol. The Balaban J connectivity index is 1.91. The van der Waals surface area contributed by atoms with Crippen LogP contribution in [0.1, 0.15) is 18.5 Å². The van der Waals surface area contributed by atoms with Crippen molar-refractivity contribution < 1.29 is 9.59 Å². The molecule has 22 heavy (non-hydrogen) atoms. The van der Waals surface area contributed by atoms with Gasteiger partial charge in [-0.15, -0.1) is 0 Å². The Hall–Kier alpha value is -1.95. The highest BCUT2D eigenvalue weighted by molar-refractivity contribution is 5.92. The van der Waals surface area contributed by atoms with E-state index in [4.69, 9.17) is 0 Å². The largest absolute Gasteiger partial charge is 0.348 e. The zero-order valence-electron chi connectivity index (χ0n) is 13.5. The van der Waals surface area contributed by atoms with E-state index in [1.54, 1.807) is 25.1 Å². The summed E-state index contributed by atoms with van der Waals surface area (Å²) in [6, 6.07) is 5.56. The van der Waals surface area contributed by atoms with Gasteiger partial charge in [0, 0.05) is 26.3 Å². The van der Waals surface area contributed by atoms with Gasteiger partial charge in [-0.3, -0.25) is 14.5 Å². The van der Waals surface area contributed by atoms with E-state index in [2.05, 4.69) is 15.2 Å². The number of hydrogen-bond acceptors (Lipinski definition) is 4. The first-order valence-corrected chi connectivity index (χ1v) is 7.62. The molecule has 1 fully saturated rings. The molecule has 2 heterocycles. The molecule has 1 atom stereocenters. The molecule has 6 nitrogen and oxygen atoms in total. The van der Waals surface area contributed by atoms with Gasteiger partial charge in [0.05, 0.1) is 12.5 Å². The highest BCUT2D eigenvalue weighted by Crippen LogP contribution is 2.18. The number of nitrogens with one attached hydrogen (secondary N) is 1. The number of anilines is 1. The van der Waals surface area contributed by atoms with Crippen LogP contribution in [0.25, 0.3) is 0 Å². The van der Waals surface area contributed by atoms with E-state index in [1.165, 1.54) is 0 Å². The molecule has 6 heteroatoms. The van der Waals surface area contributed by atoms with Crippen molar-refractivity contribution in [2.45, 2.75) is 19.8 Å². The molecule has 1 aromatic rings. The summed E-state index contributed by atoms with van der Waals surface area (Å²) in [7, 11) is 3.50. The standard InChI is InChI=1S/C16H24N4O2/c1-12-6-4-8-14(17-12)18-16(22)13-7-5-9-20(10-13)11-15(21)19(2)3/h4,6,8,13H,5,7,9-11H2,1-3H3,(H,17,18,22). The first-order chi connectivity index (χ1) is 10.5. The molecular formula is C16H24N4O2. The number of aromatic nitrogens is 1. The average Bonchev–Trinajstić information content (AvgIpc) is 2.47. The minimum atomic E-state index is -0.0916. The topological polar surface area (TPSA) is 65.5 Å². The second-order valence-corrected chi connectivity index (χ2v) is 6.02. The van der Waals surface area contributed by atoms with Crippen LogP contribution in [0.15, 0.2) is 18.2 Å². The molecule has 0 aliphatic carbocycles. The Morgan fingerprint density at radius 2 is 2.18 bits per heavy atom. The predicted octanol–water partition coefficient (Wildman–Crippen LogP) is 1.13. The molecule has 1 aliphatic rings. The molecule has 0 saturated carbocycles. The van der Waals surface area contributed by atoms with Gasteiger partial charge in [0.15, 0.2) is 0 Å². The van der Waals surface area contributed by atoms with Gasteiger partial charge in [0.2, 0.25) is 11.8 Å². The normalized spacial score (nSPS) is 18.8. The number of amides is 2. The van der Waals surface area contributed by atoms with Crippen molar-refractivity contribution in [3.8, 4) is 0 Å². The van der Waals surface area contributed by atoms with Crippen molar-refractivity contribution in [1.82, 2.24) is 14.8 Å². The maximum atomic E-state index is 12.4. The number of nitrogens with zero attached hydrogens (tertiary/aromatic N) is 3. The van der Waals surface area contributed by atoms with Crippen LogP contribution in [-0.4, -0.2) is 60.3 Å². The second kappa shape index (κ2) is 7.35. The molecule has 0 bridgehead atoms. The first kappa shape index (κ1) is 16.4. The van der Waals surface area contributed by atoms with E-state index in [0.717, 1.165) is 25.1 Å². The number of pyridine rings is 1. The van der Waals surface area contributed by atoms with Crippen molar-refractivity contribution in [2.24, 2.45) is 5.92 Å². The highest BCUT2D eigenvalue weighted by Gasteiger charge is 2.27. The van der Waals surface area contributed by atoms with Gasteiger partial charge in [-0.1, -0.05) is 6.07 Å². The summed E-state index contributed by atoms with van der Waals surface area (Å²) in [5.41, 5.74) is 0.875. The van der Waals surface area contributed by atoms with Crippen LogP contribution >= 0.6 is 0 Å². The third kappa shape index (κ3) is 4.53. The number of hydrogen-bond donors (Lipinski definition) is 1. The maximum Gasteiger partial charge on any atom is 0.236 e. The summed E-state index contributed by atoms with van der Waals surface area (Å²) >= 11 is 0. The van der Waals surface area contributed by atoms with Gasteiger partial charge >= 0.3 is 0 Å². The molecule has 0 aromatic carbocycles. The van der Waals surface area contributed by atoms with Crippen molar-refractivity contribution in [1.29, 1.82) is 0 Å². The van der Waals surface area contributed by atoms with E-state index < -0.39 is 0 Å². The Bertz CT molecular complexity index is 545. The molecule has 1 aliphatic heterocycles. The second-order valence-electron chi connectivity index (χ2n) is 6.02. The van der Waals surface area contributed by atoms with Gasteiger partial charge in [0.1, 0.15) is 5.82 Å². The van der Waals surface area contributed by atoms with E-state index in [0.29, 0.717) is 18.9 Å². The number of carbonyl (C=O) groups excluding carboxylic acids is 2. The fourth-order valence-electron chi connectivity index (χ4n) is 2.59. The van der Waals surface area contributed by atoms with Crippen LogP contribution in [0.2, 0.25) is 0 Å². The number of rotatable bonds is 4. The summed E-state index contributed by atoms with van der Waals surface area (Å²) in [6.07, 6.45) is 1.78. The van der Waals surface area contributed by atoms with E-state index in [-0.39, 0.29) is 17.7 Å². The molecule has 1 saturated heterocycles. The smallest absolute Gasteiger partial charge is 0.236 e. The molecule has 2 rings (SSSR count). The highest BCUT2D eigenvalue weighted by atomic mass is 16.2. The fourth-order valence-corrected chi connectivity index (χ4v) is 2.59. The van der Waals surface area contributed by atoms with E-state index in [9.17, 15) is 9.59 Å². The van der Waals surface area contributed by atoms with Crippen LogP contribution in [-0.2, 0) is 9.59 Å². The quantitative estimate of drug-likeness (QED) is 0.905. The third-order valence-corrected chi connectivity index (χ3v) is 3.87. The predicted molar refractivity (Wildman–Crippen MR) is 85.5 cm³/mol. The lowest BCUT2D eigenvalue weighted by atomic mass is 9.97. The summed E-state index contributed by atoms with van der Waals surface area (Å²) in [4.78, 5) is 32.1. The summed E-state index contributed by atoms with van der Waals surface area (Å²) in [5.74, 6) is 0.555. The lowest BCUT2D eigenvalue weighted by molar-refractivity contribution is -0.131. The van der Waals surface area contributed by atoms with Gasteiger partial charge < -0.3 is 10.2 Å². The Labute approximate surface area is 131 Å². The first-order valence-electron chi connectivity index (χ1n) is 7.62. The molecule has 0 radical (unpaired) electrons. The Morgan fingerprint density at radius 1 is 1.41 bits per heavy atom.